The fourth-order valence-corrected chi connectivity index (χ4v) is 2.04. The molecule has 2 N–H and O–H groups in total. The van der Waals surface area contributed by atoms with Crippen molar-refractivity contribution >= 4 is 17.3 Å². The predicted molar refractivity (Wildman–Crippen MR) is 84.9 cm³/mol. The molecular formula is C16H14F3N3O3. The van der Waals surface area contributed by atoms with Crippen molar-refractivity contribution in [1.82, 2.24) is 5.32 Å². The smallest absolute Gasteiger partial charge is 0.371 e. The van der Waals surface area contributed by atoms with E-state index < -0.39 is 28.3 Å². The Morgan fingerprint density at radius 3 is 2.40 bits per heavy atom. The summed E-state index contributed by atoms with van der Waals surface area (Å²) in [4.78, 5) is 21.8. The summed E-state index contributed by atoms with van der Waals surface area (Å²) in [6.07, 6.45) is -4.68. The highest BCUT2D eigenvalue weighted by Gasteiger charge is 2.33. The minimum absolute atomic E-state index is 0.159. The summed E-state index contributed by atoms with van der Waals surface area (Å²) in [6.45, 7) is -0.0322. The van der Waals surface area contributed by atoms with Gasteiger partial charge in [0.05, 0.1) is 17.0 Å². The lowest BCUT2D eigenvalue weighted by Crippen LogP contribution is -2.29. The van der Waals surface area contributed by atoms with E-state index in [4.69, 9.17) is 0 Å². The summed E-state index contributed by atoms with van der Waals surface area (Å²) in [6, 6.07) is 11.2. The Morgan fingerprint density at radius 2 is 1.80 bits per heavy atom. The van der Waals surface area contributed by atoms with Crippen molar-refractivity contribution in [3.63, 3.8) is 0 Å². The maximum Gasteiger partial charge on any atom is 0.416 e. The predicted octanol–water partition coefficient (Wildman–Crippen LogP) is 3.34. The molecule has 9 heteroatoms. The quantitative estimate of drug-likeness (QED) is 0.616. The van der Waals surface area contributed by atoms with Crippen LogP contribution in [0.2, 0.25) is 0 Å². The Bertz CT molecular complexity index is 764. The van der Waals surface area contributed by atoms with Gasteiger partial charge in [0.1, 0.15) is 5.69 Å². The molecular weight excluding hydrogens is 339 g/mol. The van der Waals surface area contributed by atoms with Crippen LogP contribution in [0.1, 0.15) is 11.1 Å². The first-order chi connectivity index (χ1) is 11.8. The van der Waals surface area contributed by atoms with Crippen LogP contribution in [-0.4, -0.2) is 17.4 Å². The molecule has 0 aliphatic heterocycles. The number of alkyl halides is 3. The second kappa shape index (κ2) is 7.65. The highest BCUT2D eigenvalue weighted by molar-refractivity contribution is 5.81. The Morgan fingerprint density at radius 1 is 1.12 bits per heavy atom. The number of anilines is 1. The number of hydrogen-bond donors (Lipinski definition) is 2. The van der Waals surface area contributed by atoms with Crippen LogP contribution in [0.15, 0.2) is 48.5 Å². The van der Waals surface area contributed by atoms with Gasteiger partial charge in [-0.25, -0.2) is 0 Å². The Hall–Kier alpha value is -3.10. The number of carbonyl (C=O) groups is 1. The number of nitrogens with one attached hydrogen (secondary N) is 2. The number of rotatable bonds is 6. The molecule has 6 nitrogen and oxygen atoms in total. The summed E-state index contributed by atoms with van der Waals surface area (Å²) in [5.74, 6) is -0.446. The number of carbonyl (C=O) groups excluding carboxylic acids is 1. The van der Waals surface area contributed by atoms with E-state index in [1.807, 2.05) is 30.3 Å². The van der Waals surface area contributed by atoms with Crippen LogP contribution < -0.4 is 10.6 Å². The highest BCUT2D eigenvalue weighted by Crippen LogP contribution is 2.34. The normalized spacial score (nSPS) is 11.0. The van der Waals surface area contributed by atoms with Gasteiger partial charge in [0.15, 0.2) is 0 Å². The van der Waals surface area contributed by atoms with Crippen molar-refractivity contribution in [2.45, 2.75) is 12.7 Å². The molecule has 0 atom stereocenters. The molecule has 0 spiro atoms. The zero-order chi connectivity index (χ0) is 18.4. The lowest BCUT2D eigenvalue weighted by Gasteiger charge is -2.11. The standard InChI is InChI=1S/C16H14F3N3O3/c17-16(18,19)12-6-7-13(14(8-12)22(24)25)20-10-15(23)21-9-11-4-2-1-3-5-11/h1-8,20H,9-10H2,(H,21,23). The molecule has 0 fully saturated rings. The van der Waals surface area contributed by atoms with Crippen molar-refractivity contribution in [3.05, 3.63) is 69.8 Å². The Labute approximate surface area is 140 Å². The lowest BCUT2D eigenvalue weighted by molar-refractivity contribution is -0.384. The number of nitrogens with zero attached hydrogens (tertiary/aromatic N) is 1. The van der Waals surface area contributed by atoms with Crippen molar-refractivity contribution in [1.29, 1.82) is 0 Å². The van der Waals surface area contributed by atoms with Gasteiger partial charge in [-0.2, -0.15) is 13.2 Å². The SMILES string of the molecule is O=C(CNc1ccc(C(F)(F)F)cc1[N+](=O)[O-])NCc1ccccc1. The molecule has 0 saturated heterocycles. The minimum atomic E-state index is -4.68. The lowest BCUT2D eigenvalue weighted by atomic mass is 10.1. The van der Waals surface area contributed by atoms with E-state index in [1.165, 1.54) is 0 Å². The molecule has 2 rings (SSSR count). The van der Waals surface area contributed by atoms with Crippen molar-refractivity contribution in [2.24, 2.45) is 0 Å². The molecule has 25 heavy (non-hydrogen) atoms. The van der Waals surface area contributed by atoms with Crippen LogP contribution in [0.4, 0.5) is 24.5 Å². The van der Waals surface area contributed by atoms with Gasteiger partial charge in [-0.1, -0.05) is 30.3 Å². The first kappa shape index (κ1) is 18.2. The summed E-state index contributed by atoms with van der Waals surface area (Å²) in [5, 5.41) is 16.0. The molecule has 0 heterocycles. The molecule has 0 unspecified atom stereocenters. The number of nitro groups is 1. The fourth-order valence-electron chi connectivity index (χ4n) is 2.04. The maximum atomic E-state index is 12.6. The fraction of sp³-hybridized carbons (Fsp3) is 0.188. The molecule has 0 radical (unpaired) electrons. The average molecular weight is 353 g/mol. The van der Waals surface area contributed by atoms with E-state index in [0.29, 0.717) is 6.07 Å². The largest absolute Gasteiger partial charge is 0.416 e. The van der Waals surface area contributed by atoms with Crippen LogP contribution in [0.5, 0.6) is 0 Å². The van der Waals surface area contributed by atoms with Gasteiger partial charge in [-0.15, -0.1) is 0 Å². The van der Waals surface area contributed by atoms with E-state index in [0.717, 1.165) is 17.7 Å². The number of amides is 1. The van der Waals surface area contributed by atoms with Crippen LogP contribution in [0.3, 0.4) is 0 Å². The van der Waals surface area contributed by atoms with Crippen molar-refractivity contribution in [2.75, 3.05) is 11.9 Å². The number of halogens is 3. The first-order valence-corrected chi connectivity index (χ1v) is 7.17. The third kappa shape index (κ3) is 5.20. The van der Waals surface area contributed by atoms with E-state index in [9.17, 15) is 28.1 Å². The Kier molecular flexibility index (Phi) is 5.58. The number of nitro benzene ring substituents is 1. The molecule has 0 bridgehead atoms. The molecule has 132 valence electrons. The van der Waals surface area contributed by atoms with Gasteiger partial charge in [-0.05, 0) is 17.7 Å². The van der Waals surface area contributed by atoms with E-state index in [-0.39, 0.29) is 18.8 Å². The molecule has 1 amide bonds. The van der Waals surface area contributed by atoms with Crippen LogP contribution in [-0.2, 0) is 17.5 Å². The van der Waals surface area contributed by atoms with Crippen LogP contribution >= 0.6 is 0 Å². The van der Waals surface area contributed by atoms with Crippen LogP contribution in [0.25, 0.3) is 0 Å². The number of benzene rings is 2. The molecule has 0 aliphatic rings. The minimum Gasteiger partial charge on any atom is -0.371 e. The van der Waals surface area contributed by atoms with Gasteiger partial charge in [0.2, 0.25) is 5.91 Å². The second-order valence-corrected chi connectivity index (χ2v) is 5.10. The van der Waals surface area contributed by atoms with Crippen molar-refractivity contribution in [3.8, 4) is 0 Å². The topological polar surface area (TPSA) is 84.3 Å². The third-order valence-electron chi connectivity index (χ3n) is 3.29. The average Bonchev–Trinajstić information content (AvgIpc) is 2.58. The summed E-state index contributed by atoms with van der Waals surface area (Å²) in [5.41, 5.74) is -1.16. The van der Waals surface area contributed by atoms with E-state index in [2.05, 4.69) is 10.6 Å². The van der Waals surface area contributed by atoms with Gasteiger partial charge < -0.3 is 10.6 Å². The molecule has 2 aromatic rings. The summed E-state index contributed by atoms with van der Waals surface area (Å²) < 4.78 is 37.9. The van der Waals surface area contributed by atoms with Crippen molar-refractivity contribution < 1.29 is 22.9 Å². The number of hydrogen-bond acceptors (Lipinski definition) is 4. The van der Waals surface area contributed by atoms with Gasteiger partial charge in [0, 0.05) is 12.6 Å². The molecule has 0 saturated carbocycles. The van der Waals surface area contributed by atoms with Crippen LogP contribution in [0, 0.1) is 10.1 Å². The Balaban J connectivity index is 1.99. The van der Waals surface area contributed by atoms with Gasteiger partial charge in [-0.3, -0.25) is 14.9 Å². The molecule has 0 aliphatic carbocycles. The summed E-state index contributed by atoms with van der Waals surface area (Å²) >= 11 is 0. The van der Waals surface area contributed by atoms with Gasteiger partial charge >= 0.3 is 6.18 Å². The zero-order valence-electron chi connectivity index (χ0n) is 12.8. The van der Waals surface area contributed by atoms with E-state index >= 15 is 0 Å². The maximum absolute atomic E-state index is 12.6. The summed E-state index contributed by atoms with van der Waals surface area (Å²) in [7, 11) is 0. The third-order valence-corrected chi connectivity index (χ3v) is 3.29. The monoisotopic (exact) mass is 353 g/mol. The van der Waals surface area contributed by atoms with E-state index in [1.54, 1.807) is 0 Å². The molecule has 2 aromatic carbocycles. The first-order valence-electron chi connectivity index (χ1n) is 7.17. The highest BCUT2D eigenvalue weighted by atomic mass is 19.4. The molecule has 0 aromatic heterocycles. The van der Waals surface area contributed by atoms with Gasteiger partial charge in [0.25, 0.3) is 5.69 Å². The second-order valence-electron chi connectivity index (χ2n) is 5.10. The zero-order valence-corrected chi connectivity index (χ0v) is 12.8.